The second-order valence-electron chi connectivity index (χ2n) is 4.56. The van der Waals surface area contributed by atoms with E-state index in [-0.39, 0.29) is 18.2 Å². The minimum absolute atomic E-state index is 0.0170. The Bertz CT molecular complexity index is 430. The summed E-state index contributed by atoms with van der Waals surface area (Å²) in [6, 6.07) is 4.97. The van der Waals surface area contributed by atoms with E-state index in [4.69, 9.17) is 0 Å². The lowest BCUT2D eigenvalue weighted by molar-refractivity contribution is -0.127. The number of phenols is 1. The molecule has 0 aliphatic heterocycles. The monoisotopic (exact) mass is 252 g/mol. The maximum atomic E-state index is 11.6. The third-order valence-corrected chi connectivity index (χ3v) is 2.78. The molecular weight excluding hydrogens is 232 g/mol. The maximum Gasteiger partial charge on any atom is 0.241 e. The lowest BCUT2D eigenvalue weighted by Crippen LogP contribution is -2.34. The number of benzene rings is 1. The summed E-state index contributed by atoms with van der Waals surface area (Å²) in [7, 11) is 5.17. The Morgan fingerprint density at radius 2 is 1.94 bits per heavy atom. The number of carbonyl (C=O) groups excluding carboxylic acids is 1. The van der Waals surface area contributed by atoms with Crippen molar-refractivity contribution < 1.29 is 15.0 Å². The minimum atomic E-state index is -0.715. The molecule has 1 unspecified atom stereocenters. The second kappa shape index (κ2) is 5.73. The molecule has 0 spiro atoms. The number of carbonyl (C=O) groups is 1. The van der Waals surface area contributed by atoms with Gasteiger partial charge in [-0.15, -0.1) is 0 Å². The van der Waals surface area contributed by atoms with Crippen molar-refractivity contribution in [1.82, 2.24) is 4.90 Å². The summed E-state index contributed by atoms with van der Waals surface area (Å²) in [6.07, 6.45) is -0.715. The fraction of sp³-hybridized carbons (Fsp3) is 0.462. The molecule has 0 aliphatic carbocycles. The number of aromatic hydroxyl groups is 1. The van der Waals surface area contributed by atoms with Gasteiger partial charge in [0.15, 0.2) is 0 Å². The molecule has 2 N–H and O–H groups in total. The fourth-order valence-electron chi connectivity index (χ4n) is 1.56. The van der Waals surface area contributed by atoms with Crippen LogP contribution in [0.4, 0.5) is 5.69 Å². The Kier molecular flexibility index (Phi) is 4.55. The lowest BCUT2D eigenvalue weighted by Gasteiger charge is -2.22. The second-order valence-corrected chi connectivity index (χ2v) is 4.56. The number of hydrogen-bond acceptors (Lipinski definition) is 4. The normalized spacial score (nSPS) is 12.1. The number of nitrogens with zero attached hydrogens (tertiary/aromatic N) is 2. The summed E-state index contributed by atoms with van der Waals surface area (Å²) in [5.74, 6) is 0.0169. The number of aliphatic hydroxyl groups excluding tert-OH is 1. The topological polar surface area (TPSA) is 64.0 Å². The van der Waals surface area contributed by atoms with Crippen LogP contribution in [0.15, 0.2) is 18.2 Å². The van der Waals surface area contributed by atoms with Crippen molar-refractivity contribution in [2.45, 2.75) is 13.0 Å². The van der Waals surface area contributed by atoms with Crippen molar-refractivity contribution in [1.29, 1.82) is 0 Å². The Morgan fingerprint density at radius 1 is 1.33 bits per heavy atom. The van der Waals surface area contributed by atoms with Gasteiger partial charge < -0.3 is 20.0 Å². The first-order valence-electron chi connectivity index (χ1n) is 5.75. The van der Waals surface area contributed by atoms with Crippen molar-refractivity contribution in [3.63, 3.8) is 0 Å². The Morgan fingerprint density at radius 3 is 2.39 bits per heavy atom. The molecule has 0 fully saturated rings. The van der Waals surface area contributed by atoms with Gasteiger partial charge in [0.25, 0.3) is 0 Å². The summed E-state index contributed by atoms with van der Waals surface area (Å²) >= 11 is 0. The minimum Gasteiger partial charge on any atom is -0.507 e. The zero-order valence-corrected chi connectivity index (χ0v) is 11.2. The first-order chi connectivity index (χ1) is 8.32. The standard InChI is InChI=1S/C13H20N2O3/c1-9(16)11-6-5-10(7-12(11)17)15(4)8-13(18)14(2)3/h5-7,9,16-17H,8H2,1-4H3. The van der Waals surface area contributed by atoms with Gasteiger partial charge in [-0.3, -0.25) is 4.79 Å². The van der Waals surface area contributed by atoms with Gasteiger partial charge in [0, 0.05) is 38.5 Å². The number of rotatable bonds is 4. The molecule has 0 aromatic heterocycles. The highest BCUT2D eigenvalue weighted by Crippen LogP contribution is 2.28. The van der Waals surface area contributed by atoms with Crippen LogP contribution in [0.3, 0.4) is 0 Å². The highest BCUT2D eigenvalue weighted by molar-refractivity contribution is 5.81. The molecule has 5 heteroatoms. The van der Waals surface area contributed by atoms with Gasteiger partial charge in [0.2, 0.25) is 5.91 Å². The Balaban J connectivity index is 2.84. The Hall–Kier alpha value is -1.75. The van der Waals surface area contributed by atoms with Crippen LogP contribution < -0.4 is 4.90 Å². The van der Waals surface area contributed by atoms with Crippen molar-refractivity contribution in [2.75, 3.05) is 32.6 Å². The Labute approximate surface area is 107 Å². The number of phenolic OH excluding ortho intramolecular Hbond substituents is 1. The zero-order valence-electron chi connectivity index (χ0n) is 11.2. The van der Waals surface area contributed by atoms with E-state index in [0.29, 0.717) is 5.56 Å². The summed E-state index contributed by atoms with van der Waals surface area (Å²) in [6.45, 7) is 1.83. The van der Waals surface area contributed by atoms with Crippen LogP contribution in [0.1, 0.15) is 18.6 Å². The van der Waals surface area contributed by atoms with E-state index in [1.165, 1.54) is 4.90 Å². The van der Waals surface area contributed by atoms with Crippen molar-refractivity contribution in [3.8, 4) is 5.75 Å². The number of amides is 1. The predicted molar refractivity (Wildman–Crippen MR) is 70.7 cm³/mol. The van der Waals surface area contributed by atoms with Crippen LogP contribution in [0.5, 0.6) is 5.75 Å². The predicted octanol–water partition coefficient (Wildman–Crippen LogP) is 0.970. The molecule has 0 heterocycles. The van der Waals surface area contributed by atoms with Crippen molar-refractivity contribution in [3.05, 3.63) is 23.8 Å². The third-order valence-electron chi connectivity index (χ3n) is 2.78. The lowest BCUT2D eigenvalue weighted by atomic mass is 10.1. The first-order valence-corrected chi connectivity index (χ1v) is 5.75. The summed E-state index contributed by atoms with van der Waals surface area (Å²) in [5, 5.41) is 19.2. The molecule has 1 aromatic rings. The summed E-state index contributed by atoms with van der Waals surface area (Å²) < 4.78 is 0. The van der Waals surface area contributed by atoms with Gasteiger partial charge in [0.1, 0.15) is 5.75 Å². The van der Waals surface area contributed by atoms with E-state index < -0.39 is 6.10 Å². The van der Waals surface area contributed by atoms with Crippen molar-refractivity contribution in [2.24, 2.45) is 0 Å². The van der Waals surface area contributed by atoms with E-state index in [1.54, 1.807) is 51.2 Å². The smallest absolute Gasteiger partial charge is 0.241 e. The molecule has 18 heavy (non-hydrogen) atoms. The van der Waals surface area contributed by atoms with Crippen LogP contribution in [0.2, 0.25) is 0 Å². The van der Waals surface area contributed by atoms with Crippen LogP contribution in [0.25, 0.3) is 0 Å². The highest BCUT2D eigenvalue weighted by atomic mass is 16.3. The van der Waals surface area contributed by atoms with E-state index in [0.717, 1.165) is 5.69 Å². The molecule has 100 valence electrons. The van der Waals surface area contributed by atoms with E-state index in [9.17, 15) is 15.0 Å². The summed E-state index contributed by atoms with van der Waals surface area (Å²) in [4.78, 5) is 14.8. The number of aliphatic hydroxyl groups is 1. The molecule has 1 amide bonds. The van der Waals surface area contributed by atoms with Crippen LogP contribution in [-0.2, 0) is 4.79 Å². The van der Waals surface area contributed by atoms with Gasteiger partial charge in [0.05, 0.1) is 12.6 Å². The molecule has 0 aliphatic rings. The molecule has 1 atom stereocenters. The maximum absolute atomic E-state index is 11.6. The van der Waals surface area contributed by atoms with Crippen LogP contribution >= 0.6 is 0 Å². The van der Waals surface area contributed by atoms with Crippen molar-refractivity contribution >= 4 is 11.6 Å². The van der Waals surface area contributed by atoms with E-state index in [1.807, 2.05) is 0 Å². The van der Waals surface area contributed by atoms with Gasteiger partial charge in [-0.2, -0.15) is 0 Å². The molecule has 0 bridgehead atoms. The average molecular weight is 252 g/mol. The largest absolute Gasteiger partial charge is 0.507 e. The van der Waals surface area contributed by atoms with Crippen LogP contribution in [-0.4, -0.2) is 48.7 Å². The molecule has 5 nitrogen and oxygen atoms in total. The van der Waals surface area contributed by atoms with Gasteiger partial charge in [-0.25, -0.2) is 0 Å². The number of anilines is 1. The average Bonchev–Trinajstić information content (AvgIpc) is 2.27. The summed E-state index contributed by atoms with van der Waals surface area (Å²) in [5.41, 5.74) is 1.21. The number of likely N-dealkylation sites (N-methyl/N-ethyl adjacent to an activating group) is 2. The van der Waals surface area contributed by atoms with Gasteiger partial charge in [-0.1, -0.05) is 6.07 Å². The molecule has 0 radical (unpaired) electrons. The zero-order chi connectivity index (χ0) is 13.9. The fourth-order valence-corrected chi connectivity index (χ4v) is 1.56. The first kappa shape index (κ1) is 14.3. The van der Waals surface area contributed by atoms with E-state index >= 15 is 0 Å². The van der Waals surface area contributed by atoms with Gasteiger partial charge >= 0.3 is 0 Å². The van der Waals surface area contributed by atoms with E-state index in [2.05, 4.69) is 0 Å². The molecule has 0 saturated heterocycles. The molecule has 0 saturated carbocycles. The SMILES string of the molecule is CC(O)c1ccc(N(C)CC(=O)N(C)C)cc1O. The van der Waals surface area contributed by atoms with Gasteiger partial charge in [-0.05, 0) is 13.0 Å². The quantitative estimate of drug-likeness (QED) is 0.838. The molecule has 1 rings (SSSR count). The van der Waals surface area contributed by atoms with Crippen LogP contribution in [0, 0.1) is 0 Å². The third kappa shape index (κ3) is 3.37. The number of hydrogen-bond donors (Lipinski definition) is 2. The molecular formula is C13H20N2O3. The highest BCUT2D eigenvalue weighted by Gasteiger charge is 2.12. The molecule has 1 aromatic carbocycles.